The maximum absolute atomic E-state index is 11.9. The van der Waals surface area contributed by atoms with Gasteiger partial charge in [0.05, 0.1) is 16.7 Å². The van der Waals surface area contributed by atoms with Crippen molar-refractivity contribution in [3.05, 3.63) is 138 Å². The number of fused-ring (bicyclic) bond motifs is 1. The summed E-state index contributed by atoms with van der Waals surface area (Å²) in [6.45, 7) is 14.9. The van der Waals surface area contributed by atoms with E-state index in [1.165, 1.54) is 11.1 Å². The smallest absolute Gasteiger partial charge is 0.168 e. The Labute approximate surface area is 289 Å². The summed E-state index contributed by atoms with van der Waals surface area (Å²) in [4.78, 5) is 15.3. The van der Waals surface area contributed by atoms with Crippen LogP contribution in [0, 0.1) is 6.92 Å². The molecule has 5 nitrogen and oxygen atoms in total. The van der Waals surface area contributed by atoms with Crippen molar-refractivity contribution in [2.75, 3.05) is 0 Å². The summed E-state index contributed by atoms with van der Waals surface area (Å²) in [6, 6.07) is 39.7. The summed E-state index contributed by atoms with van der Waals surface area (Å²) < 4.78 is 2.12. The lowest BCUT2D eigenvalue weighted by Crippen LogP contribution is -2.19. The molecule has 1 N–H and O–H groups in total. The van der Waals surface area contributed by atoms with Gasteiger partial charge in [-0.25, -0.2) is 9.97 Å². The zero-order valence-corrected chi connectivity index (χ0v) is 29.3. The summed E-state index contributed by atoms with van der Waals surface area (Å²) in [5.74, 6) is 0.766. The van der Waals surface area contributed by atoms with Crippen LogP contribution in [0.2, 0.25) is 0 Å². The first-order chi connectivity index (χ1) is 23.4. The summed E-state index contributed by atoms with van der Waals surface area (Å²) in [7, 11) is 0. The Hall–Kier alpha value is -5.55. The van der Waals surface area contributed by atoms with Crippen molar-refractivity contribution in [2.45, 2.75) is 59.3 Å². The number of rotatable bonds is 5. The van der Waals surface area contributed by atoms with Gasteiger partial charge < -0.3 is 5.11 Å². The lowest BCUT2D eigenvalue weighted by atomic mass is 9.82. The van der Waals surface area contributed by atoms with Gasteiger partial charge in [-0.3, -0.25) is 9.55 Å². The van der Waals surface area contributed by atoms with Crippen LogP contribution in [0.5, 0.6) is 5.75 Å². The average Bonchev–Trinajstić information content (AvgIpc) is 3.48. The average molecular weight is 643 g/mol. The molecule has 0 saturated heterocycles. The first-order valence-electron chi connectivity index (χ1n) is 16.9. The van der Waals surface area contributed by atoms with Gasteiger partial charge in [0.1, 0.15) is 11.4 Å². The molecule has 49 heavy (non-hydrogen) atoms. The molecule has 0 aliphatic heterocycles. The predicted molar refractivity (Wildman–Crippen MR) is 202 cm³/mol. The Bertz CT molecular complexity index is 2310. The second-order valence-corrected chi connectivity index (χ2v) is 14.9. The van der Waals surface area contributed by atoms with Gasteiger partial charge in [0.25, 0.3) is 0 Å². The third kappa shape index (κ3) is 6.02. The second kappa shape index (κ2) is 12.2. The number of imidazole rings is 1. The minimum atomic E-state index is -0.304. The van der Waals surface area contributed by atoms with Gasteiger partial charge in [-0.15, -0.1) is 0 Å². The molecular formula is C44H42N4O. The highest BCUT2D eigenvalue weighted by Gasteiger charge is 2.29. The fourth-order valence-corrected chi connectivity index (χ4v) is 6.44. The standard InChI is InChI=1S/C44H42N4O/c1-28-27-45-36(25-34(28)29-16-10-8-11-17-29)31-19-14-18-30(24-31)33-22-15-23-37-39(33)47-42(48(37)32-20-12-9-13-21-32)40-41(49)35(43(2,3)4)26-38(46-40)44(5,6)7/h8-27,49H,1-7H3. The third-order valence-corrected chi connectivity index (χ3v) is 9.14. The molecule has 244 valence electrons. The Morgan fingerprint density at radius 1 is 0.612 bits per heavy atom. The molecule has 0 unspecified atom stereocenters. The van der Waals surface area contributed by atoms with Crippen molar-refractivity contribution in [3.8, 4) is 56.5 Å². The molecule has 0 atom stereocenters. The van der Waals surface area contributed by atoms with Gasteiger partial charge in [-0.1, -0.05) is 120 Å². The van der Waals surface area contributed by atoms with Crippen LogP contribution >= 0.6 is 0 Å². The van der Waals surface area contributed by atoms with E-state index in [4.69, 9.17) is 15.0 Å². The van der Waals surface area contributed by atoms with Crippen LogP contribution in [0.15, 0.2) is 121 Å². The number of nitrogens with zero attached hydrogens (tertiary/aromatic N) is 4. The van der Waals surface area contributed by atoms with Crippen LogP contribution in [0.3, 0.4) is 0 Å². The van der Waals surface area contributed by atoms with E-state index in [-0.39, 0.29) is 16.6 Å². The monoisotopic (exact) mass is 642 g/mol. The van der Waals surface area contributed by atoms with E-state index in [0.717, 1.165) is 55.9 Å². The topological polar surface area (TPSA) is 63.8 Å². The fraction of sp³-hybridized carbons (Fsp3) is 0.205. The van der Waals surface area contributed by atoms with Crippen LogP contribution in [0.4, 0.5) is 0 Å². The van der Waals surface area contributed by atoms with Crippen LogP contribution < -0.4 is 0 Å². The molecule has 0 aliphatic rings. The van der Waals surface area contributed by atoms with Gasteiger partial charge in [-0.2, -0.15) is 0 Å². The molecule has 0 amide bonds. The molecule has 0 aliphatic carbocycles. The van der Waals surface area contributed by atoms with Crippen molar-refractivity contribution >= 4 is 11.0 Å². The van der Waals surface area contributed by atoms with Crippen LogP contribution in [-0.2, 0) is 10.8 Å². The van der Waals surface area contributed by atoms with Crippen LogP contribution in [-0.4, -0.2) is 24.6 Å². The van der Waals surface area contributed by atoms with Crippen molar-refractivity contribution in [2.24, 2.45) is 0 Å². The molecular weight excluding hydrogens is 601 g/mol. The van der Waals surface area contributed by atoms with Gasteiger partial charge in [0.15, 0.2) is 5.82 Å². The van der Waals surface area contributed by atoms with E-state index in [2.05, 4.69) is 138 Å². The number of aryl methyl sites for hydroxylation is 1. The number of pyridine rings is 2. The molecule has 3 heterocycles. The number of aromatic hydroxyl groups is 1. The molecule has 5 heteroatoms. The number of hydrogen-bond donors (Lipinski definition) is 1. The highest BCUT2D eigenvalue weighted by atomic mass is 16.3. The number of para-hydroxylation sites is 2. The summed E-state index contributed by atoms with van der Waals surface area (Å²) in [5, 5.41) is 11.9. The fourth-order valence-electron chi connectivity index (χ4n) is 6.44. The molecule has 0 saturated carbocycles. The Balaban J connectivity index is 1.45. The Morgan fingerprint density at radius 2 is 1.27 bits per heavy atom. The molecule has 0 spiro atoms. The predicted octanol–water partition coefficient (Wildman–Crippen LogP) is 11.1. The van der Waals surface area contributed by atoms with Crippen molar-refractivity contribution in [1.29, 1.82) is 0 Å². The van der Waals surface area contributed by atoms with Gasteiger partial charge in [0.2, 0.25) is 0 Å². The molecule has 7 aromatic rings. The van der Waals surface area contributed by atoms with E-state index in [1.54, 1.807) is 0 Å². The van der Waals surface area contributed by atoms with E-state index in [0.29, 0.717) is 11.5 Å². The molecule has 0 radical (unpaired) electrons. The highest BCUT2D eigenvalue weighted by Crippen LogP contribution is 2.42. The highest BCUT2D eigenvalue weighted by molar-refractivity contribution is 5.96. The lowest BCUT2D eigenvalue weighted by Gasteiger charge is -2.26. The Kier molecular flexibility index (Phi) is 7.95. The Morgan fingerprint density at radius 3 is 1.96 bits per heavy atom. The third-order valence-electron chi connectivity index (χ3n) is 9.14. The van der Waals surface area contributed by atoms with E-state index >= 15 is 0 Å². The number of hydrogen-bond acceptors (Lipinski definition) is 4. The van der Waals surface area contributed by atoms with Crippen molar-refractivity contribution in [1.82, 2.24) is 19.5 Å². The summed E-state index contributed by atoms with van der Waals surface area (Å²) in [6.07, 6.45) is 1.95. The largest absolute Gasteiger partial charge is 0.505 e. The van der Waals surface area contributed by atoms with Gasteiger partial charge >= 0.3 is 0 Å². The number of aromatic nitrogens is 4. The van der Waals surface area contributed by atoms with E-state index < -0.39 is 0 Å². The molecule has 0 bridgehead atoms. The quantitative estimate of drug-likeness (QED) is 0.203. The summed E-state index contributed by atoms with van der Waals surface area (Å²) >= 11 is 0. The van der Waals surface area contributed by atoms with Gasteiger partial charge in [-0.05, 0) is 71.0 Å². The van der Waals surface area contributed by atoms with E-state index in [9.17, 15) is 5.11 Å². The zero-order valence-electron chi connectivity index (χ0n) is 29.3. The molecule has 7 rings (SSSR count). The summed E-state index contributed by atoms with van der Waals surface area (Å²) in [5.41, 5.74) is 11.9. The minimum Gasteiger partial charge on any atom is -0.505 e. The van der Waals surface area contributed by atoms with Crippen molar-refractivity contribution in [3.63, 3.8) is 0 Å². The second-order valence-electron chi connectivity index (χ2n) is 14.9. The minimum absolute atomic E-state index is 0.163. The molecule has 3 aromatic heterocycles. The normalized spacial score (nSPS) is 12.1. The number of benzene rings is 4. The maximum Gasteiger partial charge on any atom is 0.168 e. The van der Waals surface area contributed by atoms with Gasteiger partial charge in [0, 0.05) is 39.7 Å². The van der Waals surface area contributed by atoms with E-state index in [1.807, 2.05) is 36.5 Å². The van der Waals surface area contributed by atoms with Crippen LogP contribution in [0.25, 0.3) is 61.8 Å². The molecule has 4 aromatic carbocycles. The first-order valence-corrected chi connectivity index (χ1v) is 16.9. The zero-order chi connectivity index (χ0) is 34.5. The maximum atomic E-state index is 11.9. The van der Waals surface area contributed by atoms with Crippen LogP contribution in [0.1, 0.15) is 58.4 Å². The molecule has 0 fully saturated rings. The lowest BCUT2D eigenvalue weighted by molar-refractivity contribution is 0.441. The van der Waals surface area contributed by atoms with Crippen molar-refractivity contribution < 1.29 is 5.11 Å². The SMILES string of the molecule is Cc1cnc(-c2cccc(-c3cccc4c3nc(-c3nc(C(C)(C)C)cc(C(C)(C)C)c3O)n4-c3ccccc3)c2)cc1-c1ccccc1. The first kappa shape index (κ1) is 32.0.